The van der Waals surface area contributed by atoms with Gasteiger partial charge in [0, 0.05) is 12.1 Å². The van der Waals surface area contributed by atoms with Crippen LogP contribution in [0.1, 0.15) is 33.5 Å². The topological polar surface area (TPSA) is 91.1 Å². The zero-order valence-electron chi connectivity index (χ0n) is 13.3. The van der Waals surface area contributed by atoms with Crippen LogP contribution >= 0.6 is 24.0 Å². The highest BCUT2D eigenvalue weighted by atomic mass is 127. The summed E-state index contributed by atoms with van der Waals surface area (Å²) in [5, 5.41) is 13.5. The van der Waals surface area contributed by atoms with Crippen molar-refractivity contribution in [3.63, 3.8) is 0 Å². The predicted octanol–water partition coefficient (Wildman–Crippen LogP) is 2.54. The van der Waals surface area contributed by atoms with E-state index in [9.17, 15) is 0 Å². The van der Waals surface area contributed by atoms with E-state index in [1.165, 1.54) is 0 Å². The second-order valence-corrected chi connectivity index (χ2v) is 5.65. The van der Waals surface area contributed by atoms with Gasteiger partial charge < -0.3 is 15.1 Å². The van der Waals surface area contributed by atoms with Crippen molar-refractivity contribution < 1.29 is 4.42 Å². The first-order chi connectivity index (χ1) is 9.98. The second kappa shape index (κ2) is 8.16. The highest BCUT2D eigenvalue weighted by Gasteiger charge is 2.12. The lowest BCUT2D eigenvalue weighted by molar-refractivity contribution is 0.501. The molecule has 0 spiro atoms. The van der Waals surface area contributed by atoms with Gasteiger partial charge in [0.25, 0.3) is 0 Å². The molecule has 0 saturated heterocycles. The van der Waals surface area contributed by atoms with Crippen LogP contribution in [0.4, 0.5) is 0 Å². The molecule has 3 N–H and O–H groups in total. The Labute approximate surface area is 147 Å². The molecular weight excluding hydrogens is 395 g/mol. The van der Waals surface area contributed by atoms with Gasteiger partial charge in [-0.15, -0.1) is 29.1 Å². The van der Waals surface area contributed by atoms with Gasteiger partial charge in [-0.05, 0) is 39.8 Å². The summed E-state index contributed by atoms with van der Waals surface area (Å²) >= 11 is 0. The maximum atomic E-state index is 5.26. The number of furan rings is 1. The quantitative estimate of drug-likeness (QED) is 0.403. The van der Waals surface area contributed by atoms with Crippen LogP contribution in [-0.2, 0) is 6.54 Å². The molecule has 8 heteroatoms. The first-order valence-electron chi connectivity index (χ1n) is 6.99. The van der Waals surface area contributed by atoms with E-state index >= 15 is 0 Å². The molecule has 0 amide bonds. The van der Waals surface area contributed by atoms with Crippen LogP contribution in [0, 0.1) is 0 Å². The third kappa shape index (κ3) is 5.66. The first-order valence-corrected chi connectivity index (χ1v) is 6.99. The van der Waals surface area contributed by atoms with Crippen molar-refractivity contribution in [2.45, 2.75) is 39.8 Å². The largest absolute Gasteiger partial charge is 0.461 e. The van der Waals surface area contributed by atoms with E-state index in [0.717, 1.165) is 12.5 Å². The molecule has 0 fully saturated rings. The maximum absolute atomic E-state index is 5.26. The normalized spacial score (nSPS) is 11.9. The number of aliphatic imine (C=N–C) groups is 1. The first kappa shape index (κ1) is 18.5. The third-order valence-corrected chi connectivity index (χ3v) is 2.50. The van der Waals surface area contributed by atoms with Gasteiger partial charge >= 0.3 is 0 Å². The summed E-state index contributed by atoms with van der Waals surface area (Å²) in [4.78, 5) is 8.85. The van der Waals surface area contributed by atoms with Gasteiger partial charge in [-0.1, -0.05) is 0 Å². The van der Waals surface area contributed by atoms with Crippen LogP contribution in [-0.4, -0.2) is 33.2 Å². The van der Waals surface area contributed by atoms with Crippen molar-refractivity contribution in [2.24, 2.45) is 4.99 Å². The fourth-order valence-corrected chi connectivity index (χ4v) is 1.70. The molecule has 0 aliphatic rings. The number of nitrogens with zero attached hydrogens (tertiary/aromatic N) is 3. The molecule has 0 atom stereocenters. The van der Waals surface area contributed by atoms with E-state index in [1.54, 1.807) is 12.3 Å². The van der Waals surface area contributed by atoms with Crippen LogP contribution in [0.25, 0.3) is 11.6 Å². The average molecular weight is 418 g/mol. The number of guanidine groups is 1. The number of nitrogens with one attached hydrogen (secondary N) is 3. The van der Waals surface area contributed by atoms with Crippen molar-refractivity contribution in [1.29, 1.82) is 0 Å². The van der Waals surface area contributed by atoms with Crippen molar-refractivity contribution >= 4 is 29.9 Å². The molecule has 2 rings (SSSR count). The molecule has 0 bridgehead atoms. The summed E-state index contributed by atoms with van der Waals surface area (Å²) < 4.78 is 5.26. The number of aromatic nitrogens is 3. The number of H-pyrrole nitrogens is 1. The fraction of sp³-hybridized carbons (Fsp3) is 0.500. The van der Waals surface area contributed by atoms with Gasteiger partial charge in [0.2, 0.25) is 5.82 Å². The molecule has 0 aliphatic heterocycles. The highest BCUT2D eigenvalue weighted by molar-refractivity contribution is 14.0. The third-order valence-electron chi connectivity index (χ3n) is 2.50. The van der Waals surface area contributed by atoms with Crippen LogP contribution in [0.3, 0.4) is 0 Å². The van der Waals surface area contributed by atoms with Crippen molar-refractivity contribution in [3.8, 4) is 11.6 Å². The molecule has 2 aromatic rings. The van der Waals surface area contributed by atoms with Gasteiger partial charge in [-0.2, -0.15) is 0 Å². The smallest absolute Gasteiger partial charge is 0.216 e. The van der Waals surface area contributed by atoms with E-state index < -0.39 is 0 Å². The summed E-state index contributed by atoms with van der Waals surface area (Å²) in [5.41, 5.74) is -0.0538. The molecule has 0 saturated carbocycles. The number of halogens is 1. The monoisotopic (exact) mass is 418 g/mol. The Morgan fingerprint density at radius 3 is 2.77 bits per heavy atom. The van der Waals surface area contributed by atoms with E-state index in [2.05, 4.69) is 51.6 Å². The molecule has 22 heavy (non-hydrogen) atoms. The zero-order chi connectivity index (χ0) is 15.3. The summed E-state index contributed by atoms with van der Waals surface area (Å²) in [6.07, 6.45) is 1.60. The molecule has 0 unspecified atom stereocenters. The molecule has 2 heterocycles. The number of rotatable bonds is 4. The number of hydrogen-bond acceptors (Lipinski definition) is 4. The van der Waals surface area contributed by atoms with E-state index in [-0.39, 0.29) is 29.5 Å². The minimum atomic E-state index is -0.0538. The van der Waals surface area contributed by atoms with Crippen molar-refractivity contribution in [1.82, 2.24) is 25.8 Å². The molecule has 2 aromatic heterocycles. The molecule has 122 valence electrons. The molecule has 0 aliphatic carbocycles. The van der Waals surface area contributed by atoms with E-state index in [1.807, 2.05) is 13.0 Å². The van der Waals surface area contributed by atoms with Gasteiger partial charge in [0.1, 0.15) is 12.4 Å². The molecule has 0 radical (unpaired) electrons. The minimum absolute atomic E-state index is 0. The highest BCUT2D eigenvalue weighted by Crippen LogP contribution is 2.14. The van der Waals surface area contributed by atoms with E-state index in [0.29, 0.717) is 24.0 Å². The Bertz CT molecular complexity index is 585. The maximum Gasteiger partial charge on any atom is 0.216 e. The number of aromatic amines is 1. The van der Waals surface area contributed by atoms with Crippen LogP contribution < -0.4 is 10.6 Å². The molecule has 7 nitrogen and oxygen atoms in total. The fourth-order valence-electron chi connectivity index (χ4n) is 1.70. The Morgan fingerprint density at radius 2 is 2.18 bits per heavy atom. The van der Waals surface area contributed by atoms with Gasteiger partial charge in [0.15, 0.2) is 11.7 Å². The summed E-state index contributed by atoms with van der Waals surface area (Å²) in [7, 11) is 0. The summed E-state index contributed by atoms with van der Waals surface area (Å²) in [6, 6.07) is 3.63. The summed E-state index contributed by atoms with van der Waals surface area (Å²) in [6.45, 7) is 9.51. The lowest BCUT2D eigenvalue weighted by atomic mass is 10.1. The standard InChI is InChI=1S/C14H22N6O.HI/c1-5-15-13(18-14(2,3)4)16-9-11-17-12(20-19-11)10-7-6-8-21-10;/h6-8H,5,9H2,1-4H3,(H2,15,16,18)(H,17,19,20);1H. The Kier molecular flexibility index (Phi) is 6.85. The second-order valence-electron chi connectivity index (χ2n) is 5.65. The van der Waals surface area contributed by atoms with Gasteiger partial charge in [0.05, 0.1) is 6.26 Å². The van der Waals surface area contributed by atoms with Crippen LogP contribution in [0.15, 0.2) is 27.8 Å². The van der Waals surface area contributed by atoms with Crippen LogP contribution in [0.5, 0.6) is 0 Å². The minimum Gasteiger partial charge on any atom is -0.461 e. The predicted molar refractivity (Wildman–Crippen MR) is 97.2 cm³/mol. The SMILES string of the molecule is CCNC(=NCc1nc(-c2ccco2)n[nH]1)NC(C)(C)C.I. The van der Waals surface area contributed by atoms with Crippen molar-refractivity contribution in [2.75, 3.05) is 6.54 Å². The van der Waals surface area contributed by atoms with Gasteiger partial charge in [-0.3, -0.25) is 5.10 Å². The Hall–Kier alpha value is -1.58. The lowest BCUT2D eigenvalue weighted by Crippen LogP contribution is -2.47. The van der Waals surface area contributed by atoms with Crippen molar-refractivity contribution in [3.05, 3.63) is 24.2 Å². The van der Waals surface area contributed by atoms with E-state index in [4.69, 9.17) is 4.42 Å². The molecular formula is C14H23IN6O. The molecule has 0 aromatic carbocycles. The average Bonchev–Trinajstić information content (AvgIpc) is 3.05. The summed E-state index contributed by atoms with van der Waals surface area (Å²) in [5.74, 6) is 2.62. The lowest BCUT2D eigenvalue weighted by Gasteiger charge is -2.23. The Morgan fingerprint density at radius 1 is 1.41 bits per heavy atom. The Balaban J connectivity index is 0.00000242. The van der Waals surface area contributed by atoms with Gasteiger partial charge in [-0.25, -0.2) is 9.98 Å². The number of hydrogen-bond donors (Lipinski definition) is 3. The van der Waals surface area contributed by atoms with Crippen LogP contribution in [0.2, 0.25) is 0 Å². The zero-order valence-corrected chi connectivity index (χ0v) is 15.6.